The van der Waals surface area contributed by atoms with Crippen LogP contribution < -0.4 is 11.1 Å². The van der Waals surface area contributed by atoms with Gasteiger partial charge in [-0.1, -0.05) is 39.7 Å². The van der Waals surface area contributed by atoms with Crippen molar-refractivity contribution in [3.8, 4) is 0 Å². The summed E-state index contributed by atoms with van der Waals surface area (Å²) < 4.78 is 30.5. The number of carbonyl (C=O) groups is 1. The Kier molecular flexibility index (Phi) is 9.78. The lowest BCUT2D eigenvalue weighted by atomic mass is 10.0. The molecule has 0 bridgehead atoms. The van der Waals surface area contributed by atoms with Gasteiger partial charge in [0.15, 0.2) is 0 Å². The molecule has 0 saturated carbocycles. The van der Waals surface area contributed by atoms with Crippen LogP contribution >= 0.6 is 0 Å². The van der Waals surface area contributed by atoms with Crippen LogP contribution in [0.5, 0.6) is 0 Å². The van der Waals surface area contributed by atoms with E-state index in [1.54, 1.807) is 6.92 Å². The Morgan fingerprint density at radius 3 is 2.56 bits per heavy atom. The number of primary amides is 1. The molecule has 2 aromatic carbocycles. The van der Waals surface area contributed by atoms with Crippen molar-refractivity contribution in [3.63, 3.8) is 0 Å². The van der Waals surface area contributed by atoms with Gasteiger partial charge in [0.2, 0.25) is 6.41 Å². The third kappa shape index (κ3) is 6.85. The fourth-order valence-electron chi connectivity index (χ4n) is 3.67. The van der Waals surface area contributed by atoms with E-state index >= 15 is 0 Å². The van der Waals surface area contributed by atoms with Crippen molar-refractivity contribution in [1.82, 2.24) is 14.9 Å². The fraction of sp³-hybridized carbons (Fsp3) is 0.440. The van der Waals surface area contributed by atoms with E-state index in [2.05, 4.69) is 42.5 Å². The number of nitrogens with zero attached hydrogens (tertiary/aromatic N) is 2. The zero-order valence-corrected chi connectivity index (χ0v) is 19.4. The highest BCUT2D eigenvalue weighted by molar-refractivity contribution is 5.77. The zero-order chi connectivity index (χ0) is 23.7. The number of aryl methyl sites for hydroxylation is 2. The third-order valence-corrected chi connectivity index (χ3v) is 5.23. The monoisotopic (exact) mass is 444 g/mol. The molecule has 1 aromatic heterocycles. The fourth-order valence-corrected chi connectivity index (χ4v) is 3.67. The van der Waals surface area contributed by atoms with Gasteiger partial charge in [-0.3, -0.25) is 4.79 Å². The number of amides is 1. The summed E-state index contributed by atoms with van der Waals surface area (Å²) in [6.45, 7) is 9.67. The van der Waals surface area contributed by atoms with Crippen molar-refractivity contribution in [3.05, 3.63) is 64.5 Å². The van der Waals surface area contributed by atoms with Crippen LogP contribution in [0.1, 0.15) is 62.5 Å². The predicted octanol–water partition coefficient (Wildman–Crippen LogP) is 5.00. The summed E-state index contributed by atoms with van der Waals surface area (Å²) in [5.74, 6) is 0.297. The van der Waals surface area contributed by atoms with E-state index < -0.39 is 5.82 Å². The molecule has 0 atom stereocenters. The minimum absolute atomic E-state index is 0.250. The Morgan fingerprint density at radius 1 is 1.19 bits per heavy atom. The largest absolute Gasteiger partial charge is 0.372 e. The first-order valence-electron chi connectivity index (χ1n) is 11.1. The maximum atomic E-state index is 14.5. The maximum absolute atomic E-state index is 14.5. The predicted molar refractivity (Wildman–Crippen MR) is 125 cm³/mol. The smallest absolute Gasteiger partial charge is 0.204 e. The number of nitrogens with two attached hydrogens (primary N) is 1. The van der Waals surface area contributed by atoms with Crippen molar-refractivity contribution in [2.24, 2.45) is 5.73 Å². The number of unbranched alkanes of at least 4 members (excludes halogenated alkanes) is 2. The van der Waals surface area contributed by atoms with E-state index in [-0.39, 0.29) is 12.2 Å². The summed E-state index contributed by atoms with van der Waals surface area (Å²) in [5.41, 5.74) is 7.86. The lowest BCUT2D eigenvalue weighted by Gasteiger charge is -2.12. The van der Waals surface area contributed by atoms with Crippen LogP contribution in [-0.4, -0.2) is 22.0 Å². The Morgan fingerprint density at radius 2 is 1.91 bits per heavy atom. The normalized spacial score (nSPS) is 11.0. The van der Waals surface area contributed by atoms with Crippen LogP contribution in [0.3, 0.4) is 0 Å². The van der Waals surface area contributed by atoms with Crippen LogP contribution in [0.2, 0.25) is 0 Å². The van der Waals surface area contributed by atoms with Gasteiger partial charge in [-0.05, 0) is 54.3 Å². The molecule has 1 heterocycles. The lowest BCUT2D eigenvalue weighted by molar-refractivity contribution is -0.106. The molecule has 0 aliphatic carbocycles. The van der Waals surface area contributed by atoms with Gasteiger partial charge < -0.3 is 15.6 Å². The van der Waals surface area contributed by atoms with Crippen LogP contribution in [0.15, 0.2) is 30.3 Å². The second-order valence-corrected chi connectivity index (χ2v) is 8.25. The average Bonchev–Trinajstić information content (AvgIpc) is 3.08. The molecule has 0 unspecified atom stereocenters. The molecule has 0 saturated heterocycles. The highest BCUT2D eigenvalue weighted by atomic mass is 19.1. The number of carbonyl (C=O) groups excluding carboxylic acids is 1. The number of nitrogens with one attached hydrogen (secondary N) is 1. The minimum atomic E-state index is -0.397. The molecule has 32 heavy (non-hydrogen) atoms. The number of benzene rings is 2. The topological polar surface area (TPSA) is 72.9 Å². The van der Waals surface area contributed by atoms with E-state index in [0.29, 0.717) is 30.1 Å². The number of imidazole rings is 1. The van der Waals surface area contributed by atoms with Crippen molar-refractivity contribution in [2.45, 2.75) is 72.5 Å². The first-order valence-corrected chi connectivity index (χ1v) is 11.1. The summed E-state index contributed by atoms with van der Waals surface area (Å²) in [4.78, 5) is 13.4. The summed E-state index contributed by atoms with van der Waals surface area (Å²) in [6.07, 6.45) is 4.04. The lowest BCUT2D eigenvalue weighted by Crippen LogP contribution is -2.24. The van der Waals surface area contributed by atoms with Gasteiger partial charge in [0.25, 0.3) is 0 Å². The molecule has 1 amide bonds. The molecule has 3 rings (SSSR count). The van der Waals surface area contributed by atoms with E-state index in [1.807, 2.05) is 12.1 Å². The van der Waals surface area contributed by atoms with Crippen molar-refractivity contribution < 1.29 is 13.6 Å². The van der Waals surface area contributed by atoms with Crippen LogP contribution in [0.4, 0.5) is 8.78 Å². The summed E-state index contributed by atoms with van der Waals surface area (Å²) >= 11 is 0. The first kappa shape index (κ1) is 25.5. The number of hydrogen-bond donors (Lipinski definition) is 2. The zero-order valence-electron chi connectivity index (χ0n) is 19.4. The Labute approximate surface area is 189 Å². The number of aromatic nitrogens is 2. The highest BCUT2D eigenvalue weighted by Crippen LogP contribution is 2.23. The molecule has 0 aliphatic rings. The Bertz CT molecular complexity index is 1030. The third-order valence-electron chi connectivity index (χ3n) is 5.23. The number of hydrogen-bond acceptors (Lipinski definition) is 3. The molecular weight excluding hydrogens is 410 g/mol. The summed E-state index contributed by atoms with van der Waals surface area (Å²) in [5, 5.41) is 3.45. The summed E-state index contributed by atoms with van der Waals surface area (Å²) in [7, 11) is 0. The molecule has 0 spiro atoms. The highest BCUT2D eigenvalue weighted by Gasteiger charge is 2.14. The van der Waals surface area contributed by atoms with Gasteiger partial charge in [0, 0.05) is 19.0 Å². The molecule has 0 radical (unpaired) electrons. The Hall–Kier alpha value is -2.80. The molecule has 0 aliphatic heterocycles. The van der Waals surface area contributed by atoms with Gasteiger partial charge >= 0.3 is 0 Å². The van der Waals surface area contributed by atoms with E-state index in [1.165, 1.54) is 18.6 Å². The second kappa shape index (κ2) is 12.3. The van der Waals surface area contributed by atoms with Gasteiger partial charge in [-0.15, -0.1) is 0 Å². The maximum Gasteiger partial charge on any atom is 0.204 e. The van der Waals surface area contributed by atoms with Crippen molar-refractivity contribution >= 4 is 17.4 Å². The molecule has 5 nitrogen and oxygen atoms in total. The average molecular weight is 445 g/mol. The van der Waals surface area contributed by atoms with E-state index in [9.17, 15) is 8.78 Å². The molecular formula is C25H34F2N4O. The van der Waals surface area contributed by atoms with Crippen LogP contribution in [-0.2, 0) is 24.3 Å². The van der Waals surface area contributed by atoms with Crippen LogP contribution in [0, 0.1) is 18.6 Å². The first-order chi connectivity index (χ1) is 15.3. The molecule has 3 N–H and O–H groups in total. The van der Waals surface area contributed by atoms with Gasteiger partial charge in [0.05, 0.1) is 17.6 Å². The SMILES string of the molecule is CCCCCn1c(CNC(C)C)nc2ccc(Cc3cc(F)cc(C)c3F)cc21.NC=O. The molecule has 174 valence electrons. The van der Waals surface area contributed by atoms with Crippen molar-refractivity contribution in [1.29, 1.82) is 0 Å². The second-order valence-electron chi connectivity index (χ2n) is 8.25. The summed E-state index contributed by atoms with van der Waals surface area (Å²) in [6, 6.07) is 8.94. The standard InChI is InChI=1S/C24H31F2N3.CH3NO/c1-5-6-7-10-29-22-13-18(12-19-14-20(25)11-17(4)24(19)26)8-9-21(22)28-23(29)15-27-16(2)3;2-1-3/h8-9,11,13-14,16,27H,5-7,10,12,15H2,1-4H3;1H,(H2,2,3). The molecule has 3 aromatic rings. The van der Waals surface area contributed by atoms with Gasteiger partial charge in [-0.25, -0.2) is 13.8 Å². The number of halogens is 2. The van der Waals surface area contributed by atoms with Gasteiger partial charge in [0.1, 0.15) is 17.5 Å². The van der Waals surface area contributed by atoms with E-state index in [4.69, 9.17) is 9.78 Å². The molecule has 7 heteroatoms. The number of rotatable bonds is 9. The Balaban J connectivity index is 0.00000114. The quantitative estimate of drug-likeness (QED) is 0.360. The van der Waals surface area contributed by atoms with Gasteiger partial charge in [-0.2, -0.15) is 0 Å². The minimum Gasteiger partial charge on any atom is -0.372 e. The number of fused-ring (bicyclic) bond motifs is 1. The molecule has 0 fully saturated rings. The van der Waals surface area contributed by atoms with E-state index in [0.717, 1.165) is 41.8 Å². The van der Waals surface area contributed by atoms with Crippen molar-refractivity contribution in [2.75, 3.05) is 0 Å². The van der Waals surface area contributed by atoms with Crippen LogP contribution in [0.25, 0.3) is 11.0 Å².